The highest BCUT2D eigenvalue weighted by molar-refractivity contribution is 5.71. The molecule has 6 nitrogen and oxygen atoms in total. The number of rotatable bonds is 54. The summed E-state index contributed by atoms with van der Waals surface area (Å²) in [5.41, 5.74) is 0. The van der Waals surface area contributed by atoms with Gasteiger partial charge in [0.15, 0.2) is 6.10 Å². The average Bonchev–Trinajstić information content (AvgIpc) is 3.33. The minimum absolute atomic E-state index is 0.0764. The van der Waals surface area contributed by atoms with E-state index in [4.69, 9.17) is 14.2 Å². The van der Waals surface area contributed by atoms with Gasteiger partial charge < -0.3 is 14.2 Å². The van der Waals surface area contributed by atoms with Gasteiger partial charge >= 0.3 is 17.9 Å². The van der Waals surface area contributed by atoms with Gasteiger partial charge in [0.2, 0.25) is 0 Å². The molecular formula is C61H112O6. The van der Waals surface area contributed by atoms with Crippen LogP contribution in [0.5, 0.6) is 0 Å². The lowest BCUT2D eigenvalue weighted by atomic mass is 10.0. The Hall–Kier alpha value is -2.37. The number of carbonyl (C=O) groups is 3. The fourth-order valence-electron chi connectivity index (χ4n) is 8.63. The van der Waals surface area contributed by atoms with Crippen molar-refractivity contribution in [3.8, 4) is 0 Å². The van der Waals surface area contributed by atoms with Gasteiger partial charge in [0.1, 0.15) is 13.2 Å². The molecule has 0 fully saturated rings. The second-order valence-electron chi connectivity index (χ2n) is 19.9. The number of ether oxygens (including phenoxy) is 3. The van der Waals surface area contributed by atoms with Crippen molar-refractivity contribution < 1.29 is 28.6 Å². The van der Waals surface area contributed by atoms with E-state index < -0.39 is 6.10 Å². The van der Waals surface area contributed by atoms with Gasteiger partial charge in [-0.25, -0.2) is 0 Å². The Balaban J connectivity index is 4.32. The Morgan fingerprint density at radius 3 is 0.881 bits per heavy atom. The second kappa shape index (κ2) is 56.2. The first-order chi connectivity index (χ1) is 33.0. The zero-order valence-electron chi connectivity index (χ0n) is 44.9. The van der Waals surface area contributed by atoms with Crippen LogP contribution in [0.1, 0.15) is 316 Å². The van der Waals surface area contributed by atoms with Gasteiger partial charge in [-0.3, -0.25) is 14.4 Å². The van der Waals surface area contributed by atoms with Crippen molar-refractivity contribution in [1.82, 2.24) is 0 Å². The molecule has 0 aromatic carbocycles. The average molecular weight is 942 g/mol. The second-order valence-corrected chi connectivity index (χ2v) is 19.9. The van der Waals surface area contributed by atoms with E-state index in [1.165, 1.54) is 193 Å². The zero-order valence-corrected chi connectivity index (χ0v) is 44.9. The van der Waals surface area contributed by atoms with Crippen molar-refractivity contribution in [1.29, 1.82) is 0 Å². The van der Waals surface area contributed by atoms with Crippen molar-refractivity contribution in [2.45, 2.75) is 322 Å². The first kappa shape index (κ1) is 64.6. The first-order valence-corrected chi connectivity index (χ1v) is 29.5. The summed E-state index contributed by atoms with van der Waals surface area (Å²) in [6.07, 6.45) is 67.1. The van der Waals surface area contributed by atoms with Crippen molar-refractivity contribution in [3.05, 3.63) is 36.5 Å². The number of hydrogen-bond acceptors (Lipinski definition) is 6. The lowest BCUT2D eigenvalue weighted by molar-refractivity contribution is -0.167. The Labute approximate surface area is 416 Å². The van der Waals surface area contributed by atoms with Crippen LogP contribution >= 0.6 is 0 Å². The summed E-state index contributed by atoms with van der Waals surface area (Å²) >= 11 is 0. The fraction of sp³-hybridized carbons (Fsp3) is 0.852. The summed E-state index contributed by atoms with van der Waals surface area (Å²) in [5.74, 6) is -0.882. The van der Waals surface area contributed by atoms with Gasteiger partial charge in [-0.15, -0.1) is 0 Å². The number of hydrogen-bond donors (Lipinski definition) is 0. The molecule has 392 valence electrons. The smallest absolute Gasteiger partial charge is 0.306 e. The normalized spacial score (nSPS) is 12.2. The molecular weight excluding hydrogens is 829 g/mol. The van der Waals surface area contributed by atoms with Crippen molar-refractivity contribution in [3.63, 3.8) is 0 Å². The molecule has 6 heteroatoms. The van der Waals surface area contributed by atoms with Crippen LogP contribution in [0.15, 0.2) is 36.5 Å². The van der Waals surface area contributed by atoms with Crippen molar-refractivity contribution in [2.24, 2.45) is 0 Å². The molecule has 0 spiro atoms. The molecule has 0 heterocycles. The standard InChI is InChI=1S/C61H112O6/c1-4-7-10-13-16-19-22-25-28-29-30-31-32-34-36-39-42-45-48-51-54-60(63)66-57-58(56-65-59(62)53-50-47-44-41-38-35-27-24-21-18-15-12-9-6-3)67-61(64)55-52-49-46-43-40-37-33-26-23-20-17-14-11-8-5-2/h15,18,24,26-27,33,58H,4-14,16-17,19-23,25,28-32,34-57H2,1-3H3/b18-15-,27-24-,33-26-. The maximum absolute atomic E-state index is 12.8. The zero-order chi connectivity index (χ0) is 48.6. The van der Waals surface area contributed by atoms with Crippen LogP contribution in [0.25, 0.3) is 0 Å². The Morgan fingerprint density at radius 1 is 0.299 bits per heavy atom. The Bertz CT molecular complexity index is 1130. The minimum Gasteiger partial charge on any atom is -0.462 e. The van der Waals surface area contributed by atoms with Gasteiger partial charge in [0, 0.05) is 19.3 Å². The highest BCUT2D eigenvalue weighted by atomic mass is 16.6. The molecule has 0 aliphatic heterocycles. The Morgan fingerprint density at radius 2 is 0.552 bits per heavy atom. The van der Waals surface area contributed by atoms with E-state index in [-0.39, 0.29) is 31.1 Å². The molecule has 0 N–H and O–H groups in total. The summed E-state index contributed by atoms with van der Waals surface area (Å²) in [7, 11) is 0. The first-order valence-electron chi connectivity index (χ1n) is 29.5. The third-order valence-electron chi connectivity index (χ3n) is 13.1. The van der Waals surface area contributed by atoms with Crippen LogP contribution < -0.4 is 0 Å². The maximum atomic E-state index is 12.8. The molecule has 0 bridgehead atoms. The molecule has 0 saturated heterocycles. The predicted molar refractivity (Wildman–Crippen MR) is 289 cm³/mol. The van der Waals surface area contributed by atoms with E-state index in [1.54, 1.807) is 0 Å². The quantitative estimate of drug-likeness (QED) is 0.0262. The maximum Gasteiger partial charge on any atom is 0.306 e. The lowest BCUT2D eigenvalue weighted by Gasteiger charge is -2.18. The van der Waals surface area contributed by atoms with E-state index in [9.17, 15) is 14.4 Å². The monoisotopic (exact) mass is 941 g/mol. The van der Waals surface area contributed by atoms with Crippen LogP contribution in [0, 0.1) is 0 Å². The molecule has 0 aliphatic rings. The summed E-state index contributed by atoms with van der Waals surface area (Å²) in [4.78, 5) is 38.1. The summed E-state index contributed by atoms with van der Waals surface area (Å²) < 4.78 is 16.9. The molecule has 1 atom stereocenters. The Kier molecular flexibility index (Phi) is 54.2. The van der Waals surface area contributed by atoms with E-state index in [0.717, 1.165) is 83.5 Å². The van der Waals surface area contributed by atoms with Crippen molar-refractivity contribution >= 4 is 17.9 Å². The molecule has 0 rings (SSSR count). The number of unbranched alkanes of at least 4 members (excludes halogenated alkanes) is 37. The van der Waals surface area contributed by atoms with Crippen LogP contribution in [0.3, 0.4) is 0 Å². The number of allylic oxidation sites excluding steroid dienone is 6. The summed E-state index contributed by atoms with van der Waals surface area (Å²) in [5, 5.41) is 0. The molecule has 0 aliphatic carbocycles. The van der Waals surface area contributed by atoms with Gasteiger partial charge in [-0.2, -0.15) is 0 Å². The molecule has 0 aromatic heterocycles. The van der Waals surface area contributed by atoms with Gasteiger partial charge in [0.25, 0.3) is 0 Å². The van der Waals surface area contributed by atoms with Gasteiger partial charge in [-0.1, -0.05) is 263 Å². The SMILES string of the molecule is CCCC/C=C\C/C=C\CCCCCCCC(=O)OCC(COC(=O)CCCCCCCCCCCCCCCCCCCCCC)OC(=O)CCCCCCC/C=C\CCCCCCCC. The topological polar surface area (TPSA) is 78.9 Å². The van der Waals surface area contributed by atoms with E-state index in [2.05, 4.69) is 57.2 Å². The molecule has 0 amide bonds. The molecule has 0 saturated carbocycles. The van der Waals surface area contributed by atoms with E-state index >= 15 is 0 Å². The van der Waals surface area contributed by atoms with E-state index in [0.29, 0.717) is 19.3 Å². The van der Waals surface area contributed by atoms with Crippen LogP contribution in [0.4, 0.5) is 0 Å². The predicted octanol–water partition coefficient (Wildman–Crippen LogP) is 19.7. The summed E-state index contributed by atoms with van der Waals surface area (Å²) in [6.45, 7) is 6.62. The third kappa shape index (κ3) is 54.4. The molecule has 67 heavy (non-hydrogen) atoms. The molecule has 1 unspecified atom stereocenters. The van der Waals surface area contributed by atoms with Gasteiger partial charge in [-0.05, 0) is 70.6 Å². The third-order valence-corrected chi connectivity index (χ3v) is 13.1. The highest BCUT2D eigenvalue weighted by Gasteiger charge is 2.19. The van der Waals surface area contributed by atoms with E-state index in [1.807, 2.05) is 0 Å². The fourth-order valence-corrected chi connectivity index (χ4v) is 8.63. The number of carbonyl (C=O) groups excluding carboxylic acids is 3. The molecule has 0 radical (unpaired) electrons. The van der Waals surface area contributed by atoms with Gasteiger partial charge in [0.05, 0.1) is 0 Å². The highest BCUT2D eigenvalue weighted by Crippen LogP contribution is 2.17. The molecule has 0 aromatic rings. The number of esters is 3. The van der Waals surface area contributed by atoms with Crippen LogP contribution in [-0.2, 0) is 28.6 Å². The summed E-state index contributed by atoms with van der Waals surface area (Å²) in [6, 6.07) is 0. The van der Waals surface area contributed by atoms with Crippen molar-refractivity contribution in [2.75, 3.05) is 13.2 Å². The lowest BCUT2D eigenvalue weighted by Crippen LogP contribution is -2.30. The van der Waals surface area contributed by atoms with Crippen LogP contribution in [0.2, 0.25) is 0 Å². The van der Waals surface area contributed by atoms with Crippen LogP contribution in [-0.4, -0.2) is 37.2 Å². The minimum atomic E-state index is -0.779. The largest absolute Gasteiger partial charge is 0.462 e.